The zero-order chi connectivity index (χ0) is 13.7. The van der Waals surface area contributed by atoms with E-state index in [1.165, 1.54) is 13.3 Å². The molecule has 0 spiro atoms. The molecule has 1 N–H and O–H groups in total. The number of esters is 1. The molecule has 0 aliphatic heterocycles. The van der Waals surface area contributed by atoms with Crippen molar-refractivity contribution in [1.29, 1.82) is 0 Å². The highest BCUT2D eigenvalue weighted by Gasteiger charge is 2.11. The van der Waals surface area contributed by atoms with Crippen molar-refractivity contribution in [3.8, 4) is 0 Å². The van der Waals surface area contributed by atoms with Gasteiger partial charge in [-0.1, -0.05) is 0 Å². The number of nitrogens with one attached hydrogen (secondary N) is 1. The number of hydrogen-bond donors (Lipinski definition) is 1. The molecule has 100 valence electrons. The molecule has 0 saturated heterocycles. The molecule has 1 unspecified atom stereocenters. The Morgan fingerprint density at radius 2 is 2.37 bits per heavy atom. The second-order valence-corrected chi connectivity index (χ2v) is 4.03. The van der Waals surface area contributed by atoms with Gasteiger partial charge in [0.05, 0.1) is 13.7 Å². The Kier molecular flexibility index (Phi) is 4.07. The van der Waals surface area contributed by atoms with E-state index < -0.39 is 5.97 Å². The Bertz CT molecular complexity index is 541. The molecule has 2 heterocycles. The highest BCUT2D eigenvalue weighted by atomic mass is 16.5. The SMILES string of the molecule is COC(=O)c1nccc(NC(C)Cn2cccn2)n1. The zero-order valence-corrected chi connectivity index (χ0v) is 10.8. The minimum atomic E-state index is -0.552. The first-order valence-corrected chi connectivity index (χ1v) is 5.84. The molecule has 1 atom stereocenters. The van der Waals surface area contributed by atoms with Crippen LogP contribution in [-0.2, 0) is 11.3 Å². The number of anilines is 1. The van der Waals surface area contributed by atoms with E-state index in [1.807, 2.05) is 23.9 Å². The average Bonchev–Trinajstić information content (AvgIpc) is 2.90. The Labute approximate surface area is 110 Å². The second kappa shape index (κ2) is 5.94. The Balaban J connectivity index is 2.00. The predicted octanol–water partition coefficient (Wildman–Crippen LogP) is 0.960. The molecule has 0 aliphatic rings. The molecule has 0 aliphatic carbocycles. The molecule has 2 rings (SSSR count). The summed E-state index contributed by atoms with van der Waals surface area (Å²) >= 11 is 0. The van der Waals surface area contributed by atoms with Gasteiger partial charge in [0.15, 0.2) is 0 Å². The fourth-order valence-corrected chi connectivity index (χ4v) is 1.62. The van der Waals surface area contributed by atoms with Gasteiger partial charge in [-0.25, -0.2) is 14.8 Å². The van der Waals surface area contributed by atoms with E-state index in [2.05, 4.69) is 25.1 Å². The number of carbonyl (C=O) groups excluding carboxylic acids is 1. The van der Waals surface area contributed by atoms with E-state index in [4.69, 9.17) is 0 Å². The normalized spacial score (nSPS) is 11.9. The number of carbonyl (C=O) groups is 1. The number of rotatable bonds is 5. The van der Waals surface area contributed by atoms with E-state index in [0.717, 1.165) is 0 Å². The molecule has 0 aromatic carbocycles. The van der Waals surface area contributed by atoms with Crippen molar-refractivity contribution in [2.24, 2.45) is 0 Å². The summed E-state index contributed by atoms with van der Waals surface area (Å²) < 4.78 is 6.40. The molecule has 0 radical (unpaired) electrons. The van der Waals surface area contributed by atoms with Gasteiger partial charge in [-0.05, 0) is 19.1 Å². The van der Waals surface area contributed by atoms with Crippen LogP contribution in [0.25, 0.3) is 0 Å². The van der Waals surface area contributed by atoms with E-state index in [0.29, 0.717) is 12.4 Å². The summed E-state index contributed by atoms with van der Waals surface area (Å²) in [6.45, 7) is 2.70. The third-order valence-corrected chi connectivity index (χ3v) is 2.44. The summed E-state index contributed by atoms with van der Waals surface area (Å²) in [6.07, 6.45) is 5.13. The third kappa shape index (κ3) is 3.51. The second-order valence-electron chi connectivity index (χ2n) is 4.03. The van der Waals surface area contributed by atoms with Crippen LogP contribution in [0.4, 0.5) is 5.82 Å². The molecule has 0 saturated carbocycles. The molecule has 0 amide bonds. The summed E-state index contributed by atoms with van der Waals surface area (Å²) in [5, 5.41) is 7.31. The lowest BCUT2D eigenvalue weighted by Gasteiger charge is -2.14. The summed E-state index contributed by atoms with van der Waals surface area (Å²) in [4.78, 5) is 19.3. The molecule has 7 heteroatoms. The number of nitrogens with zero attached hydrogens (tertiary/aromatic N) is 4. The predicted molar refractivity (Wildman–Crippen MR) is 68.7 cm³/mol. The van der Waals surface area contributed by atoms with Crippen LogP contribution < -0.4 is 5.32 Å². The molecular formula is C12H15N5O2. The molecular weight excluding hydrogens is 246 g/mol. The van der Waals surface area contributed by atoms with Crippen molar-refractivity contribution < 1.29 is 9.53 Å². The number of ether oxygens (including phenoxy) is 1. The molecule has 19 heavy (non-hydrogen) atoms. The molecule has 0 bridgehead atoms. The highest BCUT2D eigenvalue weighted by Crippen LogP contribution is 2.06. The summed E-state index contributed by atoms with van der Waals surface area (Å²) in [5.74, 6) is 0.0669. The van der Waals surface area contributed by atoms with Crippen LogP contribution >= 0.6 is 0 Å². The van der Waals surface area contributed by atoms with Crippen molar-refractivity contribution in [3.05, 3.63) is 36.5 Å². The van der Waals surface area contributed by atoms with Gasteiger partial charge in [-0.15, -0.1) is 0 Å². The van der Waals surface area contributed by atoms with E-state index in [-0.39, 0.29) is 11.9 Å². The van der Waals surface area contributed by atoms with Gasteiger partial charge >= 0.3 is 5.97 Å². The van der Waals surface area contributed by atoms with Crippen molar-refractivity contribution in [3.63, 3.8) is 0 Å². The van der Waals surface area contributed by atoms with Crippen molar-refractivity contribution in [2.75, 3.05) is 12.4 Å². The quantitative estimate of drug-likeness (QED) is 0.807. The molecule has 2 aromatic heterocycles. The standard InChI is InChI=1S/C12H15N5O2/c1-9(8-17-7-3-5-14-17)15-10-4-6-13-11(16-10)12(18)19-2/h3-7,9H,8H2,1-2H3,(H,13,15,16). The van der Waals surface area contributed by atoms with Crippen molar-refractivity contribution in [2.45, 2.75) is 19.5 Å². The minimum Gasteiger partial charge on any atom is -0.463 e. The van der Waals surface area contributed by atoms with Gasteiger partial charge in [0.25, 0.3) is 0 Å². The maximum Gasteiger partial charge on any atom is 0.376 e. The zero-order valence-electron chi connectivity index (χ0n) is 10.8. The maximum absolute atomic E-state index is 11.3. The van der Waals surface area contributed by atoms with Crippen LogP contribution in [0.5, 0.6) is 0 Å². The average molecular weight is 261 g/mol. The van der Waals surface area contributed by atoms with Crippen LogP contribution in [0.3, 0.4) is 0 Å². The fraction of sp³-hybridized carbons (Fsp3) is 0.333. The van der Waals surface area contributed by atoms with E-state index in [9.17, 15) is 4.79 Å². The van der Waals surface area contributed by atoms with Gasteiger partial charge in [0.1, 0.15) is 5.82 Å². The Hall–Kier alpha value is -2.44. The number of hydrogen-bond acceptors (Lipinski definition) is 6. The van der Waals surface area contributed by atoms with E-state index >= 15 is 0 Å². The third-order valence-electron chi connectivity index (χ3n) is 2.44. The lowest BCUT2D eigenvalue weighted by Crippen LogP contribution is -2.23. The molecule has 2 aromatic rings. The lowest BCUT2D eigenvalue weighted by molar-refractivity contribution is 0.0587. The van der Waals surface area contributed by atoms with Crippen LogP contribution in [0.1, 0.15) is 17.5 Å². The molecule has 0 fully saturated rings. The topological polar surface area (TPSA) is 81.9 Å². The summed E-state index contributed by atoms with van der Waals surface area (Å²) in [7, 11) is 1.30. The monoisotopic (exact) mass is 261 g/mol. The number of methoxy groups -OCH3 is 1. The Morgan fingerprint density at radius 1 is 1.53 bits per heavy atom. The van der Waals surface area contributed by atoms with Crippen molar-refractivity contribution >= 4 is 11.8 Å². The first-order valence-electron chi connectivity index (χ1n) is 5.84. The number of aromatic nitrogens is 4. The van der Waals surface area contributed by atoms with Gasteiger partial charge in [0, 0.05) is 24.6 Å². The first-order chi connectivity index (χ1) is 9.19. The van der Waals surface area contributed by atoms with Crippen LogP contribution in [0.2, 0.25) is 0 Å². The Morgan fingerprint density at radius 3 is 3.05 bits per heavy atom. The van der Waals surface area contributed by atoms with Crippen LogP contribution in [0.15, 0.2) is 30.7 Å². The largest absolute Gasteiger partial charge is 0.463 e. The van der Waals surface area contributed by atoms with Gasteiger partial charge < -0.3 is 10.1 Å². The van der Waals surface area contributed by atoms with Gasteiger partial charge in [0.2, 0.25) is 5.82 Å². The van der Waals surface area contributed by atoms with Crippen LogP contribution in [-0.4, -0.2) is 38.9 Å². The fourth-order valence-electron chi connectivity index (χ4n) is 1.62. The smallest absolute Gasteiger partial charge is 0.376 e. The minimum absolute atomic E-state index is 0.0405. The van der Waals surface area contributed by atoms with E-state index in [1.54, 1.807) is 12.3 Å². The summed E-state index contributed by atoms with van der Waals surface area (Å²) in [5.41, 5.74) is 0. The lowest BCUT2D eigenvalue weighted by atomic mass is 10.3. The maximum atomic E-state index is 11.3. The molecule has 7 nitrogen and oxygen atoms in total. The highest BCUT2D eigenvalue weighted by molar-refractivity contribution is 5.85. The van der Waals surface area contributed by atoms with Gasteiger partial charge in [-0.2, -0.15) is 5.10 Å². The van der Waals surface area contributed by atoms with Crippen LogP contribution in [0, 0.1) is 0 Å². The van der Waals surface area contributed by atoms with Crippen molar-refractivity contribution in [1.82, 2.24) is 19.7 Å². The first kappa shape index (κ1) is 13.0. The summed E-state index contributed by atoms with van der Waals surface area (Å²) in [6, 6.07) is 3.68. The van der Waals surface area contributed by atoms with Gasteiger partial charge in [-0.3, -0.25) is 4.68 Å².